The molecule has 2 aromatic rings. The van der Waals surface area contributed by atoms with Crippen LogP contribution in [0.15, 0.2) is 18.2 Å². The van der Waals surface area contributed by atoms with Gasteiger partial charge in [0.25, 0.3) is 0 Å². The topological polar surface area (TPSA) is 112 Å². The van der Waals surface area contributed by atoms with Crippen LogP contribution in [-0.4, -0.2) is 50.8 Å². The fourth-order valence-corrected chi connectivity index (χ4v) is 6.28. The number of rotatable bonds is 1. The van der Waals surface area contributed by atoms with E-state index in [-0.39, 0.29) is 30.1 Å². The number of amides is 1. The molecular weight excluding hydrogens is 464 g/mol. The average molecular weight is 503 g/mol. The first-order valence-corrected chi connectivity index (χ1v) is 13.4. The van der Waals surface area contributed by atoms with Gasteiger partial charge in [-0.05, 0) is 50.3 Å². The lowest BCUT2D eigenvalue weighted by atomic mass is 9.73. The van der Waals surface area contributed by atoms with Gasteiger partial charge in [0.2, 0.25) is 5.91 Å². The van der Waals surface area contributed by atoms with Crippen LogP contribution < -0.4 is 5.32 Å². The minimum atomic E-state index is -1.18. The van der Waals surface area contributed by atoms with Crippen molar-refractivity contribution < 1.29 is 24.5 Å². The zero-order chi connectivity index (χ0) is 25.7. The number of fused-ring (bicyclic) bond motifs is 2. The molecule has 0 radical (unpaired) electrons. The summed E-state index contributed by atoms with van der Waals surface area (Å²) in [6, 6.07) is 5.64. The fraction of sp³-hybridized carbons (Fsp3) is 0.667. The van der Waals surface area contributed by atoms with Gasteiger partial charge in [-0.25, -0.2) is 4.98 Å². The number of epoxide rings is 1. The van der Waals surface area contributed by atoms with E-state index >= 15 is 0 Å². The number of aromatic nitrogens is 1. The molecule has 2 aliphatic rings. The number of ketones is 1. The molecule has 8 heteroatoms. The Morgan fingerprint density at radius 1 is 1.17 bits per heavy atom. The van der Waals surface area contributed by atoms with Crippen LogP contribution in [0, 0.1) is 24.2 Å². The van der Waals surface area contributed by atoms with E-state index in [4.69, 9.17) is 4.74 Å². The number of aryl methyl sites for hydroxylation is 1. The van der Waals surface area contributed by atoms with Crippen molar-refractivity contribution in [2.75, 3.05) is 0 Å². The van der Waals surface area contributed by atoms with Crippen LogP contribution in [0.5, 0.6) is 0 Å². The summed E-state index contributed by atoms with van der Waals surface area (Å²) in [7, 11) is 0. The minimum Gasteiger partial charge on any atom is -0.392 e. The van der Waals surface area contributed by atoms with Crippen LogP contribution in [0.1, 0.15) is 76.9 Å². The van der Waals surface area contributed by atoms with Gasteiger partial charge >= 0.3 is 0 Å². The fourth-order valence-electron chi connectivity index (χ4n) is 5.47. The Bertz CT molecular complexity index is 1110. The first-order valence-electron chi connectivity index (χ1n) is 12.6. The van der Waals surface area contributed by atoms with E-state index in [9.17, 15) is 19.8 Å². The second-order valence-electron chi connectivity index (χ2n) is 11.3. The third kappa shape index (κ3) is 5.17. The van der Waals surface area contributed by atoms with Crippen molar-refractivity contribution in [2.45, 2.75) is 97.2 Å². The van der Waals surface area contributed by atoms with Crippen molar-refractivity contribution in [3.8, 4) is 0 Å². The van der Waals surface area contributed by atoms with Gasteiger partial charge < -0.3 is 20.3 Å². The summed E-state index contributed by atoms with van der Waals surface area (Å²) >= 11 is 1.63. The number of aliphatic hydroxyl groups excluding tert-OH is 2. The van der Waals surface area contributed by atoms with Gasteiger partial charge in [0, 0.05) is 5.92 Å². The van der Waals surface area contributed by atoms with Crippen molar-refractivity contribution in [2.24, 2.45) is 17.3 Å². The monoisotopic (exact) mass is 502 g/mol. The van der Waals surface area contributed by atoms with Gasteiger partial charge in [-0.3, -0.25) is 9.59 Å². The van der Waals surface area contributed by atoms with Gasteiger partial charge in [-0.1, -0.05) is 40.2 Å². The van der Waals surface area contributed by atoms with E-state index < -0.39 is 35.2 Å². The standard InChI is InChI=1S/C27H38N2O5S/c1-14-8-7-11-27(6)25(34-27)22(17-9-10-19-18(12-17)28-16(3)35-19)29-21(31)13-20(30)26(4,5)24(33)15(2)23(14)32/h9-10,12,14-15,20,22-23,25,30,32H,7-8,11,13H2,1-6H3,(H,29,31). The summed E-state index contributed by atoms with van der Waals surface area (Å²) < 4.78 is 7.28. The Morgan fingerprint density at radius 3 is 2.60 bits per heavy atom. The van der Waals surface area contributed by atoms with Crippen LogP contribution in [-0.2, 0) is 14.3 Å². The Labute approximate surface area is 211 Å². The molecule has 35 heavy (non-hydrogen) atoms. The number of carbonyl (C=O) groups is 2. The van der Waals surface area contributed by atoms with E-state index in [1.54, 1.807) is 32.1 Å². The number of thiazole rings is 1. The smallest absolute Gasteiger partial charge is 0.223 e. The maximum atomic E-state index is 13.2. The van der Waals surface area contributed by atoms with Crippen LogP contribution in [0.2, 0.25) is 0 Å². The summed E-state index contributed by atoms with van der Waals surface area (Å²) in [4.78, 5) is 31.0. The molecule has 0 saturated carbocycles. The molecule has 3 N–H and O–H groups in total. The highest BCUT2D eigenvalue weighted by molar-refractivity contribution is 7.18. The highest BCUT2D eigenvalue weighted by atomic mass is 32.1. The lowest BCUT2D eigenvalue weighted by Gasteiger charge is -2.34. The predicted molar refractivity (Wildman–Crippen MR) is 136 cm³/mol. The number of Topliss-reactive ketones (excluding diaryl/α,β-unsaturated/α-hetero) is 1. The second kappa shape index (κ2) is 9.54. The molecule has 2 saturated heterocycles. The first kappa shape index (κ1) is 26.2. The predicted octanol–water partition coefficient (Wildman–Crippen LogP) is 4.08. The molecule has 2 aliphatic heterocycles. The van der Waals surface area contributed by atoms with Crippen molar-refractivity contribution in [1.29, 1.82) is 0 Å². The molecule has 192 valence electrons. The van der Waals surface area contributed by atoms with Crippen molar-refractivity contribution in [3.05, 3.63) is 28.8 Å². The van der Waals surface area contributed by atoms with E-state index in [2.05, 4.69) is 17.2 Å². The number of hydrogen-bond donors (Lipinski definition) is 3. The van der Waals surface area contributed by atoms with Gasteiger partial charge in [-0.2, -0.15) is 0 Å². The lowest BCUT2D eigenvalue weighted by molar-refractivity contribution is -0.143. The number of aliphatic hydroxyl groups is 2. The number of nitrogens with one attached hydrogen (secondary N) is 1. The number of ether oxygens (including phenoxy) is 1. The number of nitrogens with zero attached hydrogens (tertiary/aromatic N) is 1. The number of benzene rings is 1. The number of carbonyl (C=O) groups excluding carboxylic acids is 2. The SMILES string of the molecule is Cc1nc2cc(C3NC(=O)CC(O)C(C)(C)C(=O)C(C)C(O)C(C)CCCC4(C)OC34)ccc2s1. The third-order valence-corrected chi connectivity index (χ3v) is 9.08. The van der Waals surface area contributed by atoms with E-state index in [1.165, 1.54) is 0 Å². The Balaban J connectivity index is 1.65. The lowest BCUT2D eigenvalue weighted by Crippen LogP contribution is -2.46. The Morgan fingerprint density at radius 2 is 1.89 bits per heavy atom. The summed E-state index contributed by atoms with van der Waals surface area (Å²) in [5, 5.41) is 25.9. The van der Waals surface area contributed by atoms with Crippen LogP contribution in [0.3, 0.4) is 0 Å². The van der Waals surface area contributed by atoms with Crippen molar-refractivity contribution >= 4 is 33.2 Å². The Kier molecular flexibility index (Phi) is 7.14. The molecule has 0 spiro atoms. The zero-order valence-electron chi connectivity index (χ0n) is 21.5. The molecule has 1 aromatic carbocycles. The Hall–Kier alpha value is -1.87. The molecule has 1 amide bonds. The highest BCUT2D eigenvalue weighted by Gasteiger charge is 2.56. The molecule has 0 aliphatic carbocycles. The van der Waals surface area contributed by atoms with Crippen molar-refractivity contribution in [3.63, 3.8) is 0 Å². The molecule has 7 unspecified atom stereocenters. The van der Waals surface area contributed by atoms with Gasteiger partial charge in [0.1, 0.15) is 11.9 Å². The molecule has 7 nitrogen and oxygen atoms in total. The molecule has 0 bridgehead atoms. The van der Waals surface area contributed by atoms with E-state index in [1.807, 2.05) is 32.0 Å². The molecule has 1 aromatic heterocycles. The summed E-state index contributed by atoms with van der Waals surface area (Å²) in [5.41, 5.74) is 0.238. The molecule has 2 fully saturated rings. The zero-order valence-corrected chi connectivity index (χ0v) is 22.3. The second-order valence-corrected chi connectivity index (χ2v) is 12.5. The van der Waals surface area contributed by atoms with Gasteiger partial charge in [-0.15, -0.1) is 11.3 Å². The van der Waals surface area contributed by atoms with Crippen molar-refractivity contribution in [1.82, 2.24) is 10.3 Å². The summed E-state index contributed by atoms with van der Waals surface area (Å²) in [6.07, 6.45) is -0.0270. The first-order chi connectivity index (χ1) is 16.3. The highest BCUT2D eigenvalue weighted by Crippen LogP contribution is 2.48. The molecule has 4 rings (SSSR count). The molecule has 3 heterocycles. The molecular formula is C27H38N2O5S. The third-order valence-electron chi connectivity index (χ3n) is 8.13. The quantitative estimate of drug-likeness (QED) is 0.507. The van der Waals surface area contributed by atoms with Crippen LogP contribution in [0.4, 0.5) is 0 Å². The molecule has 7 atom stereocenters. The van der Waals surface area contributed by atoms with Crippen LogP contribution in [0.25, 0.3) is 10.2 Å². The maximum Gasteiger partial charge on any atom is 0.223 e. The average Bonchev–Trinajstić information content (AvgIpc) is 3.30. The van der Waals surface area contributed by atoms with E-state index in [0.717, 1.165) is 40.1 Å². The van der Waals surface area contributed by atoms with Gasteiger partial charge in [0.15, 0.2) is 0 Å². The van der Waals surface area contributed by atoms with E-state index in [0.29, 0.717) is 0 Å². The van der Waals surface area contributed by atoms with Gasteiger partial charge in [0.05, 0.1) is 50.9 Å². The minimum absolute atomic E-state index is 0.0707. The maximum absolute atomic E-state index is 13.2. The normalized spacial score (nSPS) is 36.7. The summed E-state index contributed by atoms with van der Waals surface area (Å²) in [5.74, 6) is -1.28. The number of hydrogen-bond acceptors (Lipinski definition) is 7. The largest absolute Gasteiger partial charge is 0.392 e. The summed E-state index contributed by atoms with van der Waals surface area (Å²) in [6.45, 7) is 11.0. The van der Waals surface area contributed by atoms with Crippen LogP contribution >= 0.6 is 11.3 Å².